The van der Waals surface area contributed by atoms with Gasteiger partial charge in [0.25, 0.3) is 0 Å². The highest BCUT2D eigenvalue weighted by Gasteiger charge is 2.20. The van der Waals surface area contributed by atoms with Crippen LogP contribution in [0.4, 0.5) is 8.78 Å². The Bertz CT molecular complexity index is 811. The first kappa shape index (κ1) is 16.3. The molecule has 0 aliphatic rings. The van der Waals surface area contributed by atoms with Gasteiger partial charge in [0.2, 0.25) is 5.89 Å². The van der Waals surface area contributed by atoms with E-state index in [0.717, 1.165) is 6.07 Å². The molecule has 1 atom stereocenters. The third kappa shape index (κ3) is 3.33. The summed E-state index contributed by atoms with van der Waals surface area (Å²) >= 11 is 0. The molecule has 0 unspecified atom stereocenters. The summed E-state index contributed by atoms with van der Waals surface area (Å²) in [5.41, 5.74) is 0.337. The van der Waals surface area contributed by atoms with Crippen molar-refractivity contribution < 1.29 is 18.0 Å². The van der Waals surface area contributed by atoms with E-state index in [-0.39, 0.29) is 6.04 Å². The van der Waals surface area contributed by atoms with E-state index in [1.807, 2.05) is 6.92 Å². The van der Waals surface area contributed by atoms with Crippen LogP contribution in [0.3, 0.4) is 0 Å². The Morgan fingerprint density at radius 2 is 2.00 bits per heavy atom. The van der Waals surface area contributed by atoms with Crippen LogP contribution in [0, 0.1) is 11.6 Å². The van der Waals surface area contributed by atoms with Crippen molar-refractivity contribution in [2.75, 3.05) is 13.7 Å². The molecule has 126 valence electrons. The summed E-state index contributed by atoms with van der Waals surface area (Å²) in [5, 5.41) is 3.90. The van der Waals surface area contributed by atoms with Crippen molar-refractivity contribution in [3.05, 3.63) is 53.9 Å². The second-order valence-corrected chi connectivity index (χ2v) is 5.28. The van der Waals surface area contributed by atoms with E-state index in [4.69, 9.17) is 9.26 Å². The minimum atomic E-state index is -0.660. The SMILES string of the molecule is COCCc1noc([C@H](C)n2ccnc2-c2cc(F)cc(F)c2)n1. The van der Waals surface area contributed by atoms with Gasteiger partial charge in [0, 0.05) is 37.6 Å². The number of aromatic nitrogens is 4. The van der Waals surface area contributed by atoms with E-state index in [2.05, 4.69) is 15.1 Å². The van der Waals surface area contributed by atoms with Crippen LogP contribution in [-0.4, -0.2) is 33.4 Å². The molecule has 0 aliphatic carbocycles. The maximum Gasteiger partial charge on any atom is 0.249 e. The summed E-state index contributed by atoms with van der Waals surface area (Å²) in [4.78, 5) is 8.51. The molecule has 8 heteroatoms. The Labute approximate surface area is 137 Å². The summed E-state index contributed by atoms with van der Waals surface area (Å²) < 4.78 is 38.9. The number of ether oxygens (including phenoxy) is 1. The van der Waals surface area contributed by atoms with E-state index < -0.39 is 11.6 Å². The van der Waals surface area contributed by atoms with E-state index in [0.29, 0.717) is 36.1 Å². The van der Waals surface area contributed by atoms with Crippen LogP contribution in [0.1, 0.15) is 24.7 Å². The summed E-state index contributed by atoms with van der Waals surface area (Å²) in [7, 11) is 1.60. The van der Waals surface area contributed by atoms with Gasteiger partial charge < -0.3 is 13.8 Å². The molecule has 0 saturated carbocycles. The molecule has 6 nitrogen and oxygen atoms in total. The second kappa shape index (κ2) is 6.88. The van der Waals surface area contributed by atoms with Crippen molar-refractivity contribution in [2.24, 2.45) is 0 Å². The van der Waals surface area contributed by atoms with E-state index in [1.54, 1.807) is 24.1 Å². The fourth-order valence-electron chi connectivity index (χ4n) is 2.38. The molecule has 2 heterocycles. The Morgan fingerprint density at radius 3 is 2.71 bits per heavy atom. The third-order valence-corrected chi connectivity index (χ3v) is 3.58. The Kier molecular flexibility index (Phi) is 4.66. The predicted octanol–water partition coefficient (Wildman–Crippen LogP) is 3.01. The highest BCUT2D eigenvalue weighted by Crippen LogP contribution is 2.26. The number of imidazole rings is 1. The van der Waals surface area contributed by atoms with Gasteiger partial charge >= 0.3 is 0 Å². The molecule has 0 saturated heterocycles. The maximum atomic E-state index is 13.5. The standard InChI is InChI=1S/C16H16F2N4O2/c1-10(16-20-14(21-24-16)3-6-23-2)22-5-4-19-15(22)11-7-12(17)9-13(18)8-11/h4-5,7-10H,3,6H2,1-2H3/t10-/m0/s1. The number of benzene rings is 1. The van der Waals surface area contributed by atoms with Crippen molar-refractivity contribution >= 4 is 0 Å². The van der Waals surface area contributed by atoms with Crippen molar-refractivity contribution in [3.63, 3.8) is 0 Å². The fraction of sp³-hybridized carbons (Fsp3) is 0.312. The Hall–Kier alpha value is -2.61. The molecule has 3 rings (SSSR count). The summed E-state index contributed by atoms with van der Waals surface area (Å²) in [6.45, 7) is 2.33. The molecule has 0 spiro atoms. The van der Waals surface area contributed by atoms with Crippen molar-refractivity contribution in [1.82, 2.24) is 19.7 Å². The molecule has 0 N–H and O–H groups in total. The van der Waals surface area contributed by atoms with Gasteiger partial charge in [-0.1, -0.05) is 5.16 Å². The van der Waals surface area contributed by atoms with Crippen LogP contribution < -0.4 is 0 Å². The predicted molar refractivity (Wildman–Crippen MR) is 81.3 cm³/mol. The summed E-state index contributed by atoms with van der Waals surface area (Å²) in [6.07, 6.45) is 3.79. The normalized spacial score (nSPS) is 12.5. The summed E-state index contributed by atoms with van der Waals surface area (Å²) in [5.74, 6) is 0.0191. The molecular weight excluding hydrogens is 318 g/mol. The minimum absolute atomic E-state index is 0.336. The van der Waals surface area contributed by atoms with Crippen LogP contribution in [0.25, 0.3) is 11.4 Å². The van der Waals surface area contributed by atoms with Crippen LogP contribution >= 0.6 is 0 Å². The molecule has 0 amide bonds. The molecule has 3 aromatic rings. The number of hydrogen-bond acceptors (Lipinski definition) is 5. The van der Waals surface area contributed by atoms with Crippen LogP contribution in [0.15, 0.2) is 35.1 Å². The van der Waals surface area contributed by atoms with Gasteiger partial charge in [-0.15, -0.1) is 0 Å². The minimum Gasteiger partial charge on any atom is -0.384 e. The van der Waals surface area contributed by atoms with E-state index >= 15 is 0 Å². The Balaban J connectivity index is 1.90. The zero-order valence-corrected chi connectivity index (χ0v) is 13.2. The lowest BCUT2D eigenvalue weighted by Gasteiger charge is -2.12. The monoisotopic (exact) mass is 334 g/mol. The average Bonchev–Trinajstić information content (AvgIpc) is 3.20. The molecule has 0 fully saturated rings. The molecule has 0 bridgehead atoms. The smallest absolute Gasteiger partial charge is 0.249 e. The fourth-order valence-corrected chi connectivity index (χ4v) is 2.38. The number of halogens is 2. The van der Waals surface area contributed by atoms with Crippen molar-refractivity contribution in [2.45, 2.75) is 19.4 Å². The van der Waals surface area contributed by atoms with Crippen LogP contribution in [0.2, 0.25) is 0 Å². The van der Waals surface area contributed by atoms with Crippen molar-refractivity contribution in [1.29, 1.82) is 0 Å². The highest BCUT2D eigenvalue weighted by molar-refractivity contribution is 5.56. The first-order valence-electron chi connectivity index (χ1n) is 7.39. The van der Waals surface area contributed by atoms with Gasteiger partial charge in [-0.25, -0.2) is 13.8 Å². The zero-order valence-electron chi connectivity index (χ0n) is 13.2. The summed E-state index contributed by atoms with van der Waals surface area (Å²) in [6, 6.07) is 2.94. The van der Waals surface area contributed by atoms with Crippen molar-refractivity contribution in [3.8, 4) is 11.4 Å². The van der Waals surface area contributed by atoms with E-state index in [9.17, 15) is 8.78 Å². The number of rotatable bonds is 6. The van der Waals surface area contributed by atoms with Gasteiger partial charge in [-0.3, -0.25) is 0 Å². The lowest BCUT2D eigenvalue weighted by molar-refractivity contribution is 0.199. The molecule has 2 aromatic heterocycles. The lowest BCUT2D eigenvalue weighted by atomic mass is 10.2. The number of hydrogen-bond donors (Lipinski definition) is 0. The molecule has 24 heavy (non-hydrogen) atoms. The third-order valence-electron chi connectivity index (χ3n) is 3.58. The van der Waals surface area contributed by atoms with Gasteiger partial charge in [0.15, 0.2) is 5.82 Å². The first-order valence-corrected chi connectivity index (χ1v) is 7.39. The first-order chi connectivity index (χ1) is 11.6. The lowest BCUT2D eigenvalue weighted by Crippen LogP contribution is -2.08. The van der Waals surface area contributed by atoms with E-state index in [1.165, 1.54) is 12.1 Å². The average molecular weight is 334 g/mol. The largest absolute Gasteiger partial charge is 0.384 e. The zero-order chi connectivity index (χ0) is 17.1. The second-order valence-electron chi connectivity index (χ2n) is 5.28. The molecule has 0 aliphatic heterocycles. The quantitative estimate of drug-likeness (QED) is 0.693. The van der Waals surface area contributed by atoms with Crippen LogP contribution in [0.5, 0.6) is 0 Å². The van der Waals surface area contributed by atoms with Crippen LogP contribution in [-0.2, 0) is 11.2 Å². The van der Waals surface area contributed by atoms with Gasteiger partial charge in [-0.2, -0.15) is 4.98 Å². The number of nitrogens with zero attached hydrogens (tertiary/aromatic N) is 4. The Morgan fingerprint density at radius 1 is 1.25 bits per heavy atom. The van der Waals surface area contributed by atoms with Gasteiger partial charge in [-0.05, 0) is 19.1 Å². The van der Waals surface area contributed by atoms with Gasteiger partial charge in [0.1, 0.15) is 23.5 Å². The molecule has 1 aromatic carbocycles. The number of methoxy groups -OCH3 is 1. The molecule has 0 radical (unpaired) electrons. The topological polar surface area (TPSA) is 66.0 Å². The van der Waals surface area contributed by atoms with Gasteiger partial charge in [0.05, 0.1) is 6.61 Å². The molecular formula is C16H16F2N4O2. The highest BCUT2D eigenvalue weighted by atomic mass is 19.1. The maximum absolute atomic E-state index is 13.5.